The number of benzene rings is 7. The molecule has 10 rings (SSSR count). The molecule has 0 spiro atoms. The molecule has 7 aromatic carbocycles. The molecule has 0 saturated carbocycles. The molecule has 0 radical (unpaired) electrons. The number of aromatic nitrogens is 2. The summed E-state index contributed by atoms with van der Waals surface area (Å²) < 4.78 is 13.2. The molecule has 0 fully saturated rings. The maximum absolute atomic E-state index is 6.64. The third-order valence-electron chi connectivity index (χ3n) is 10.5. The topological polar surface area (TPSA) is 44.2 Å². The molecular weight excluding hydrogens is 649 g/mol. The van der Waals surface area contributed by atoms with Crippen molar-refractivity contribution in [3.63, 3.8) is 0 Å². The summed E-state index contributed by atoms with van der Waals surface area (Å²) in [5.74, 6) is 3.42. The van der Waals surface area contributed by atoms with Crippen LogP contribution in [0.3, 0.4) is 0 Å². The maximum Gasteiger partial charge on any atom is 0.170 e. The average Bonchev–Trinajstić information content (AvgIpc) is 3.44. The Morgan fingerprint density at radius 2 is 0.887 bits per heavy atom. The van der Waals surface area contributed by atoms with Crippen LogP contribution in [-0.4, -0.2) is 9.97 Å². The van der Waals surface area contributed by atoms with E-state index >= 15 is 0 Å². The Balaban J connectivity index is 1.07. The van der Waals surface area contributed by atoms with Crippen LogP contribution in [0.2, 0.25) is 0 Å². The van der Waals surface area contributed by atoms with Gasteiger partial charge in [-0.25, -0.2) is 9.97 Å². The van der Waals surface area contributed by atoms with E-state index in [4.69, 9.17) is 19.4 Å². The third-order valence-corrected chi connectivity index (χ3v) is 10.5. The molecule has 0 atom stereocenters. The van der Waals surface area contributed by atoms with Crippen LogP contribution >= 0.6 is 0 Å². The van der Waals surface area contributed by atoms with Crippen LogP contribution in [0, 0.1) is 0 Å². The van der Waals surface area contributed by atoms with Gasteiger partial charge in [0.15, 0.2) is 28.8 Å². The first kappa shape index (κ1) is 31.0. The van der Waals surface area contributed by atoms with Crippen molar-refractivity contribution in [3.8, 4) is 90.3 Å². The highest BCUT2D eigenvalue weighted by molar-refractivity contribution is 5.84. The Bertz CT molecular complexity index is 2600. The largest absolute Gasteiger partial charge is 0.450 e. The Morgan fingerprint density at radius 3 is 1.60 bits per heavy atom. The van der Waals surface area contributed by atoms with Gasteiger partial charge < -0.3 is 9.47 Å². The van der Waals surface area contributed by atoms with Crippen molar-refractivity contribution in [2.45, 2.75) is 19.3 Å². The standard InChI is InChI=1S/C49H34N2O2/c1-49(2)40-22-10-9-21-38(40)39-28-46-47(29-41(39)49)52-44-24-23-36(27-45(44)53-46)43-30-42(35-19-11-17-33(25-35)31-13-5-3-6-14-31)50-48(51-43)37-20-12-18-34(26-37)32-15-7-4-8-16-32/h3-30H,1-2H3. The van der Waals surface area contributed by atoms with Gasteiger partial charge >= 0.3 is 0 Å². The van der Waals surface area contributed by atoms with Gasteiger partial charge in [0, 0.05) is 22.1 Å². The van der Waals surface area contributed by atoms with Gasteiger partial charge in [-0.2, -0.15) is 0 Å². The van der Waals surface area contributed by atoms with Crippen LogP contribution < -0.4 is 9.47 Å². The third kappa shape index (κ3) is 5.39. The zero-order chi connectivity index (χ0) is 35.5. The van der Waals surface area contributed by atoms with Gasteiger partial charge in [0.25, 0.3) is 0 Å². The van der Waals surface area contributed by atoms with E-state index in [1.54, 1.807) is 0 Å². The van der Waals surface area contributed by atoms with E-state index in [-0.39, 0.29) is 5.41 Å². The molecule has 0 saturated heterocycles. The number of hydrogen-bond acceptors (Lipinski definition) is 4. The smallest absolute Gasteiger partial charge is 0.170 e. The Labute approximate surface area is 309 Å². The van der Waals surface area contributed by atoms with Crippen molar-refractivity contribution in [2.75, 3.05) is 0 Å². The van der Waals surface area contributed by atoms with Crippen molar-refractivity contribution in [3.05, 3.63) is 181 Å². The Hall–Kier alpha value is -6.78. The molecule has 1 aliphatic carbocycles. The normalized spacial score (nSPS) is 13.2. The molecule has 252 valence electrons. The van der Waals surface area contributed by atoms with Crippen molar-refractivity contribution < 1.29 is 9.47 Å². The number of rotatable bonds is 5. The molecule has 0 N–H and O–H groups in total. The summed E-state index contributed by atoms with van der Waals surface area (Å²) in [6, 6.07) is 58.9. The minimum atomic E-state index is -0.127. The highest BCUT2D eigenvalue weighted by atomic mass is 16.6. The fraction of sp³-hybridized carbons (Fsp3) is 0.0612. The summed E-state index contributed by atoms with van der Waals surface area (Å²) in [5, 5.41) is 0. The monoisotopic (exact) mass is 682 g/mol. The maximum atomic E-state index is 6.64. The second kappa shape index (κ2) is 12.2. The zero-order valence-electron chi connectivity index (χ0n) is 29.4. The van der Waals surface area contributed by atoms with Gasteiger partial charge in [-0.05, 0) is 93.0 Å². The van der Waals surface area contributed by atoms with Gasteiger partial charge in [0.05, 0.1) is 11.4 Å². The molecule has 4 nitrogen and oxygen atoms in total. The zero-order valence-corrected chi connectivity index (χ0v) is 29.4. The second-order valence-corrected chi connectivity index (χ2v) is 14.2. The van der Waals surface area contributed by atoms with Crippen LogP contribution in [0.15, 0.2) is 170 Å². The van der Waals surface area contributed by atoms with E-state index < -0.39 is 0 Å². The number of ether oxygens (including phenoxy) is 2. The molecule has 0 bridgehead atoms. The SMILES string of the molecule is CC1(C)c2ccccc2-c2cc3c(cc21)Oc1ccc(-c2cc(-c4cccc(-c5ccccc5)c4)nc(-c4cccc(-c5ccccc5)c4)n2)cc1O3. The van der Waals surface area contributed by atoms with E-state index in [0.717, 1.165) is 56.1 Å². The fourth-order valence-electron chi connectivity index (χ4n) is 7.77. The molecule has 8 aromatic rings. The minimum absolute atomic E-state index is 0.127. The number of fused-ring (bicyclic) bond motifs is 5. The van der Waals surface area contributed by atoms with E-state index in [1.165, 1.54) is 22.3 Å². The molecular formula is C49H34N2O2. The van der Waals surface area contributed by atoms with Crippen LogP contribution in [0.4, 0.5) is 0 Å². The molecule has 0 amide bonds. The van der Waals surface area contributed by atoms with Crippen LogP contribution in [0.25, 0.3) is 67.3 Å². The number of nitrogens with zero attached hydrogens (tertiary/aromatic N) is 2. The van der Waals surface area contributed by atoms with E-state index in [0.29, 0.717) is 23.1 Å². The van der Waals surface area contributed by atoms with Gasteiger partial charge in [-0.1, -0.05) is 135 Å². The van der Waals surface area contributed by atoms with Crippen molar-refractivity contribution in [2.24, 2.45) is 0 Å². The Kier molecular flexibility index (Phi) is 7.12. The van der Waals surface area contributed by atoms with E-state index in [2.05, 4.69) is 159 Å². The van der Waals surface area contributed by atoms with Crippen LogP contribution in [-0.2, 0) is 5.41 Å². The lowest BCUT2D eigenvalue weighted by Crippen LogP contribution is -2.15. The van der Waals surface area contributed by atoms with Crippen LogP contribution in [0.5, 0.6) is 23.0 Å². The highest BCUT2D eigenvalue weighted by Gasteiger charge is 2.37. The summed E-state index contributed by atoms with van der Waals surface area (Å²) in [6.07, 6.45) is 0. The molecule has 4 heteroatoms. The first-order valence-electron chi connectivity index (χ1n) is 18.0. The first-order valence-corrected chi connectivity index (χ1v) is 18.0. The molecule has 2 heterocycles. The van der Waals surface area contributed by atoms with Crippen molar-refractivity contribution in [1.82, 2.24) is 9.97 Å². The summed E-state index contributed by atoms with van der Waals surface area (Å²) in [4.78, 5) is 10.4. The molecule has 0 unspecified atom stereocenters. The predicted molar refractivity (Wildman–Crippen MR) is 213 cm³/mol. The molecule has 1 aromatic heterocycles. The highest BCUT2D eigenvalue weighted by Crippen LogP contribution is 2.55. The minimum Gasteiger partial charge on any atom is -0.450 e. The number of hydrogen-bond donors (Lipinski definition) is 0. The summed E-state index contributed by atoms with van der Waals surface area (Å²) in [7, 11) is 0. The Morgan fingerprint density at radius 1 is 0.358 bits per heavy atom. The van der Waals surface area contributed by atoms with Crippen molar-refractivity contribution in [1.29, 1.82) is 0 Å². The second-order valence-electron chi connectivity index (χ2n) is 14.2. The van der Waals surface area contributed by atoms with Gasteiger partial charge in [-0.3, -0.25) is 0 Å². The summed E-state index contributed by atoms with van der Waals surface area (Å²) >= 11 is 0. The lowest BCUT2D eigenvalue weighted by atomic mass is 9.82. The quantitative estimate of drug-likeness (QED) is 0.181. The lowest BCUT2D eigenvalue weighted by Gasteiger charge is -2.25. The summed E-state index contributed by atoms with van der Waals surface area (Å²) in [5.41, 5.74) is 13.9. The summed E-state index contributed by atoms with van der Waals surface area (Å²) in [6.45, 7) is 4.54. The lowest BCUT2D eigenvalue weighted by molar-refractivity contribution is 0.359. The average molecular weight is 683 g/mol. The van der Waals surface area contributed by atoms with Gasteiger partial charge in [0.2, 0.25) is 0 Å². The first-order chi connectivity index (χ1) is 26.0. The van der Waals surface area contributed by atoms with E-state index in [9.17, 15) is 0 Å². The molecule has 53 heavy (non-hydrogen) atoms. The molecule has 2 aliphatic rings. The molecule has 1 aliphatic heterocycles. The fourth-order valence-corrected chi connectivity index (χ4v) is 7.77. The van der Waals surface area contributed by atoms with E-state index in [1.807, 2.05) is 24.3 Å². The van der Waals surface area contributed by atoms with Gasteiger partial charge in [-0.15, -0.1) is 0 Å². The van der Waals surface area contributed by atoms with Crippen LogP contribution in [0.1, 0.15) is 25.0 Å². The van der Waals surface area contributed by atoms with Gasteiger partial charge in [0.1, 0.15) is 0 Å². The predicted octanol–water partition coefficient (Wildman–Crippen LogP) is 13.0. The van der Waals surface area contributed by atoms with Crippen molar-refractivity contribution >= 4 is 0 Å².